The van der Waals surface area contributed by atoms with Crippen LogP contribution in [0.2, 0.25) is 0 Å². The molecule has 0 bridgehead atoms. The van der Waals surface area contributed by atoms with Crippen molar-refractivity contribution in [1.82, 2.24) is 0 Å². The van der Waals surface area contributed by atoms with Crippen LogP contribution in [0, 0.1) is 120 Å². The number of fused-ring (bicyclic) bond motifs is 12. The van der Waals surface area contributed by atoms with Gasteiger partial charge in [-0.15, -0.1) is 0 Å². The van der Waals surface area contributed by atoms with Crippen LogP contribution in [-0.4, -0.2) is 0 Å². The zero-order valence-corrected chi connectivity index (χ0v) is 79.9. The number of aromatic nitrogens is 4. The van der Waals surface area contributed by atoms with Gasteiger partial charge in [-0.05, 0) is 237 Å². The Morgan fingerprint density at radius 1 is 0.281 bits per heavy atom. The standard InChI is InChI=1S/3C31H29N2O.C30H27N2O/c1-18(2)25-17-33(6)26(15-19(25)3)27-20(4)14-21(5)28-29-23(16-32)12-13-24(30(29)34-31(27)28)22-10-8-7-9-11-22;1-18(2)25-15-26(33(6)17-21(25)5)27-19(3)14-20(4)28-29-23(16-32)12-13-24(30(29)34-31(27)28)22-10-8-7-9-11-22;1-19(2)15-22-13-14-33(5)26(17-22)27-20(3)16-21(4)28-29-24(18-32)11-12-25(30(29)34-31(27)28)23-9-7-6-8-10-23;1-18(2)23-12-14-25(32(5)17-23)26-19(3)15-20(4)27-28-22(16-31)11-13-24(29(28)33-30(26)27)21-9-7-6-8-10-21/h2*7-15,17-18H,1-6H3;6-14,16-17,19H,15H2,1-5H3;6-15,17-18H,1-5H3/q4*+1/i2*7D,8D,9D,10D,11D;2*6D,7D,8D,9D,10D. The molecule has 0 atom stereocenters. The highest BCUT2D eigenvalue weighted by Crippen LogP contribution is 2.50. The number of rotatable bonds is 13. The van der Waals surface area contributed by atoms with E-state index in [0.29, 0.717) is 134 Å². The third kappa shape index (κ3) is 16.6. The molecule has 0 fully saturated rings. The van der Waals surface area contributed by atoms with Gasteiger partial charge in [0.05, 0.1) is 96.2 Å². The lowest BCUT2D eigenvalue weighted by Gasteiger charge is -2.13. The van der Waals surface area contributed by atoms with E-state index in [1.807, 2.05) is 89.8 Å². The monoisotopic (exact) mass is 1790 g/mol. The molecule has 0 saturated carbocycles. The lowest BCUT2D eigenvalue weighted by atomic mass is 9.92. The summed E-state index contributed by atoms with van der Waals surface area (Å²) in [6, 6.07) is 35.5. The third-order valence-corrected chi connectivity index (χ3v) is 25.7. The van der Waals surface area contributed by atoms with Gasteiger partial charge in [-0.25, -0.2) is 18.3 Å². The zero-order valence-electron chi connectivity index (χ0n) is 99.9. The Bertz CT molecular complexity index is 9580. The van der Waals surface area contributed by atoms with Crippen LogP contribution in [-0.2, 0) is 34.6 Å². The molecule has 0 N–H and O–H groups in total. The zero-order chi connectivity index (χ0) is 113. The third-order valence-electron chi connectivity index (χ3n) is 25.7. The van der Waals surface area contributed by atoms with Crippen LogP contribution < -0.4 is 18.3 Å². The van der Waals surface area contributed by atoms with Crippen molar-refractivity contribution in [3.8, 4) is 114 Å². The van der Waals surface area contributed by atoms with Crippen molar-refractivity contribution < 1.29 is 63.4 Å². The van der Waals surface area contributed by atoms with Gasteiger partial charge in [-0.1, -0.05) is 201 Å². The van der Waals surface area contributed by atoms with Gasteiger partial charge in [0.25, 0.3) is 0 Å². The topological polar surface area (TPSA) is 163 Å². The van der Waals surface area contributed by atoms with Crippen molar-refractivity contribution in [1.29, 1.82) is 21.0 Å². The van der Waals surface area contributed by atoms with Crippen molar-refractivity contribution >= 4 is 87.8 Å². The number of nitrogens with zero attached hydrogens (tertiary/aromatic N) is 8. The van der Waals surface area contributed by atoms with Gasteiger partial charge in [0.2, 0.25) is 22.8 Å². The molecule has 12 nitrogen and oxygen atoms in total. The van der Waals surface area contributed by atoms with Crippen molar-refractivity contribution in [2.75, 3.05) is 0 Å². The fourth-order valence-corrected chi connectivity index (χ4v) is 19.6. The van der Waals surface area contributed by atoms with Crippen molar-refractivity contribution in [3.05, 3.63) is 355 Å². The quantitative estimate of drug-likeness (QED) is 0.103. The molecule has 8 aromatic heterocycles. The molecule has 8 heterocycles. The summed E-state index contributed by atoms with van der Waals surface area (Å²) in [6.45, 7) is 37.5. The van der Waals surface area contributed by atoms with E-state index in [2.05, 4.69) is 191 Å². The molecule has 20 rings (SSSR count). The Morgan fingerprint density at radius 2 is 0.593 bits per heavy atom. The molecule has 0 spiro atoms. The fraction of sp³-hybridized carbons (Fsp3) is 0.220. The highest BCUT2D eigenvalue weighted by molar-refractivity contribution is 6.21. The smallest absolute Gasteiger partial charge is 0.216 e. The normalized spacial score (nSPS) is 13.5. The van der Waals surface area contributed by atoms with E-state index in [9.17, 15) is 21.0 Å². The maximum Gasteiger partial charge on any atom is 0.216 e. The minimum Gasteiger partial charge on any atom is -0.454 e. The van der Waals surface area contributed by atoms with Crippen LogP contribution in [0.3, 0.4) is 0 Å². The van der Waals surface area contributed by atoms with E-state index in [0.717, 1.165) is 118 Å². The van der Waals surface area contributed by atoms with E-state index in [4.69, 9.17) is 45.1 Å². The molecule has 0 aliphatic carbocycles. The van der Waals surface area contributed by atoms with E-state index in [1.54, 1.807) is 48.5 Å². The predicted octanol–water partition coefficient (Wildman–Crippen LogP) is 30.1. The molecule has 0 saturated heterocycles. The molecule has 12 aromatic carbocycles. The minimum atomic E-state index is -0.454. The van der Waals surface area contributed by atoms with Crippen molar-refractivity contribution in [2.45, 2.75) is 149 Å². The summed E-state index contributed by atoms with van der Waals surface area (Å²) in [7, 11) is 7.99. The van der Waals surface area contributed by atoms with Crippen LogP contribution in [0.5, 0.6) is 0 Å². The molecule has 12 heteroatoms. The maximum atomic E-state index is 10.1. The number of nitriles is 4. The summed E-state index contributed by atoms with van der Waals surface area (Å²) in [6.07, 6.45) is 9.33. The molecule has 0 aliphatic heterocycles. The summed E-state index contributed by atoms with van der Waals surface area (Å²) in [4.78, 5) is 0. The van der Waals surface area contributed by atoms with Crippen molar-refractivity contribution in [2.24, 2.45) is 34.1 Å². The molecule has 666 valence electrons. The minimum absolute atomic E-state index is 0.0484. The van der Waals surface area contributed by atoms with Crippen LogP contribution in [0.4, 0.5) is 0 Å². The SMILES string of the molecule is [2H]c1c([2H])c([2H])c(-c2ccc(C#N)c3c2oc2c(-c4cc(C(C)C)c(C)c[n+]4C)c(C)cc(C)c23)c([2H])c1[2H].[2H]c1c([2H])c([2H])c(-c2ccc(C#N)c3c2oc2c(-c4cc(C)c(C(C)C)c[n+]4C)c(C)cc(C)c23)c([2H])c1[2H].[2H]c1c([2H])c([2H])c(-c2ccc(C#N)c3c2oc2c(-c4cc(CC(C)C)cc[n+]4C)c(C)cc(C)c23)c([2H])c1[2H].[2H]c1c([2H])c([2H])c(-c2ccc(C#N)c3c2oc2c(-c4ccc(C(C)C)c[n+]4C)c(C)cc(C)c23)c([2H])c1[2H]. The molecule has 20 aromatic rings. The highest BCUT2D eigenvalue weighted by atomic mass is 16.3. The molecule has 0 aliphatic rings. The Morgan fingerprint density at radius 3 is 0.904 bits per heavy atom. The Hall–Kier alpha value is -15.6. The summed E-state index contributed by atoms with van der Waals surface area (Å²) < 4.78 is 201. The van der Waals surface area contributed by atoms with E-state index < -0.39 is 72.5 Å². The van der Waals surface area contributed by atoms with Crippen LogP contribution in [0.15, 0.2) is 272 Å². The van der Waals surface area contributed by atoms with E-state index in [1.165, 1.54) is 33.4 Å². The number of hydrogen-bond donors (Lipinski definition) is 0. The number of furan rings is 4. The Balaban J connectivity index is 0.000000140. The van der Waals surface area contributed by atoms with E-state index >= 15 is 0 Å². The molecule has 135 heavy (non-hydrogen) atoms. The second-order valence-corrected chi connectivity index (χ2v) is 36.5. The summed E-state index contributed by atoms with van der Waals surface area (Å²) >= 11 is 0. The molecule has 0 radical (unpaired) electrons. The molecular formula is C123H114N8O4+4. The lowest BCUT2D eigenvalue weighted by Crippen LogP contribution is -2.32. The first-order valence-electron chi connectivity index (χ1n) is 55.1. The van der Waals surface area contributed by atoms with Gasteiger partial charge in [0.15, 0.2) is 24.8 Å². The molecule has 0 amide bonds. The average molecular weight is 1790 g/mol. The fourth-order valence-electron chi connectivity index (χ4n) is 19.6. The average Bonchev–Trinajstić information content (AvgIpc) is 1.58. The number of pyridine rings is 4. The second kappa shape index (κ2) is 37.2. The van der Waals surface area contributed by atoms with Crippen LogP contribution in [0.25, 0.3) is 177 Å². The number of aryl methyl sites for hydroxylation is 14. The van der Waals surface area contributed by atoms with Gasteiger partial charge in [-0.3, -0.25) is 0 Å². The van der Waals surface area contributed by atoms with Gasteiger partial charge < -0.3 is 17.7 Å². The molecule has 0 unspecified atom stereocenters. The first-order valence-corrected chi connectivity index (χ1v) is 45.1. The van der Waals surface area contributed by atoms with Crippen molar-refractivity contribution in [3.63, 3.8) is 0 Å². The first-order chi connectivity index (χ1) is 73.2. The Labute approximate surface area is 819 Å². The predicted molar refractivity (Wildman–Crippen MR) is 550 cm³/mol. The van der Waals surface area contributed by atoms with Gasteiger partial charge in [-0.2, -0.15) is 21.0 Å². The number of hydrogen-bond acceptors (Lipinski definition) is 8. The summed E-state index contributed by atoms with van der Waals surface area (Å²) in [5, 5.41) is 45.6. The van der Waals surface area contributed by atoms with Gasteiger partial charge in [0.1, 0.15) is 72.9 Å². The molecular weight excluding hydrogens is 1650 g/mol. The summed E-state index contributed by atoms with van der Waals surface area (Å²) in [5.41, 5.74) is 29.4. The van der Waals surface area contributed by atoms with E-state index in [-0.39, 0.29) is 70.6 Å². The lowest BCUT2D eigenvalue weighted by molar-refractivity contribution is -0.661. The largest absolute Gasteiger partial charge is 0.454 e. The van der Waals surface area contributed by atoms with Crippen LogP contribution >= 0.6 is 0 Å². The summed E-state index contributed by atoms with van der Waals surface area (Å²) in [5.74, 6) is 1.56. The highest BCUT2D eigenvalue weighted by Gasteiger charge is 2.33. The maximum absolute atomic E-state index is 10.1. The first kappa shape index (κ1) is 69.3. The van der Waals surface area contributed by atoms with Gasteiger partial charge in [0, 0.05) is 112 Å². The van der Waals surface area contributed by atoms with Crippen LogP contribution in [0.1, 0.15) is 201 Å². The Kier molecular flexibility index (Phi) is 19.1. The number of benzene rings is 12. The second-order valence-electron chi connectivity index (χ2n) is 36.5. The van der Waals surface area contributed by atoms with Gasteiger partial charge >= 0.3 is 0 Å².